The molecule has 0 unspecified atom stereocenters. The van der Waals surface area contributed by atoms with Gasteiger partial charge in [0.1, 0.15) is 6.29 Å². The van der Waals surface area contributed by atoms with Crippen molar-refractivity contribution in [1.29, 1.82) is 0 Å². The Bertz CT molecular complexity index is 136. The third-order valence-corrected chi connectivity index (χ3v) is 1.75. The first-order valence-electron chi connectivity index (χ1n) is 4.34. The lowest BCUT2D eigenvalue weighted by molar-refractivity contribution is -0.104. The summed E-state index contributed by atoms with van der Waals surface area (Å²) >= 11 is 0. The average molecular weight is 154 g/mol. The maximum absolute atomic E-state index is 10.2. The number of hydrogen-bond acceptors (Lipinski definition) is 1. The zero-order valence-corrected chi connectivity index (χ0v) is 7.76. The van der Waals surface area contributed by atoms with E-state index < -0.39 is 0 Å². The fourth-order valence-electron chi connectivity index (χ4n) is 1.10. The van der Waals surface area contributed by atoms with Gasteiger partial charge in [-0.25, -0.2) is 0 Å². The van der Waals surface area contributed by atoms with E-state index in [1.807, 2.05) is 13.0 Å². The van der Waals surface area contributed by atoms with Gasteiger partial charge in [0.05, 0.1) is 0 Å². The van der Waals surface area contributed by atoms with E-state index in [1.165, 1.54) is 19.3 Å². The molecule has 0 rings (SSSR count). The van der Waals surface area contributed by atoms with Crippen molar-refractivity contribution in [3.8, 4) is 0 Å². The van der Waals surface area contributed by atoms with Crippen LogP contribution in [0.2, 0.25) is 0 Å². The largest absolute Gasteiger partial charge is 0.298 e. The van der Waals surface area contributed by atoms with Crippen LogP contribution in [0.3, 0.4) is 0 Å². The van der Waals surface area contributed by atoms with Crippen LogP contribution in [-0.2, 0) is 4.79 Å². The number of carbonyl (C=O) groups is 1. The first-order valence-corrected chi connectivity index (χ1v) is 4.34. The second-order valence-electron chi connectivity index (χ2n) is 3.15. The highest BCUT2D eigenvalue weighted by Gasteiger charge is 1.96. The molecule has 0 N–H and O–H groups in total. The summed E-state index contributed by atoms with van der Waals surface area (Å²) in [5.74, 6) is 0.556. The summed E-state index contributed by atoms with van der Waals surface area (Å²) in [6.07, 6.45) is 6.65. The molecule has 1 heteroatoms. The topological polar surface area (TPSA) is 17.1 Å². The molecule has 64 valence electrons. The summed E-state index contributed by atoms with van der Waals surface area (Å²) in [6.45, 7) is 6.20. The molecule has 0 saturated carbocycles. The molecule has 0 radical (unpaired) electrons. The molecule has 0 aromatic carbocycles. The lowest BCUT2D eigenvalue weighted by atomic mass is 10.0. The monoisotopic (exact) mass is 154 g/mol. The summed E-state index contributed by atoms with van der Waals surface area (Å²) in [6, 6.07) is 0. The number of aldehydes is 1. The lowest BCUT2D eigenvalue weighted by Crippen LogP contribution is -1.91. The quantitative estimate of drug-likeness (QED) is 0.439. The van der Waals surface area contributed by atoms with Gasteiger partial charge in [-0.05, 0) is 24.8 Å². The number of rotatable bonds is 5. The third kappa shape index (κ3) is 5.84. The van der Waals surface area contributed by atoms with Gasteiger partial charge in [0.25, 0.3) is 0 Å². The van der Waals surface area contributed by atoms with Crippen LogP contribution in [0.5, 0.6) is 0 Å². The second kappa shape index (κ2) is 6.14. The van der Waals surface area contributed by atoms with Crippen LogP contribution in [-0.4, -0.2) is 6.29 Å². The highest BCUT2D eigenvalue weighted by Crippen LogP contribution is 2.10. The van der Waals surface area contributed by atoms with E-state index in [0.717, 1.165) is 11.9 Å². The predicted molar refractivity (Wildman–Crippen MR) is 48.5 cm³/mol. The van der Waals surface area contributed by atoms with Crippen molar-refractivity contribution in [3.05, 3.63) is 11.6 Å². The van der Waals surface area contributed by atoms with Crippen molar-refractivity contribution in [2.75, 3.05) is 0 Å². The number of hydrogen-bond donors (Lipinski definition) is 0. The van der Waals surface area contributed by atoms with Crippen LogP contribution in [0.15, 0.2) is 11.6 Å². The smallest absolute Gasteiger partial charge is 0.145 e. The molecule has 0 aromatic rings. The van der Waals surface area contributed by atoms with Crippen molar-refractivity contribution in [3.63, 3.8) is 0 Å². The van der Waals surface area contributed by atoms with Crippen LogP contribution in [0.1, 0.15) is 40.0 Å². The Hall–Kier alpha value is -0.590. The van der Waals surface area contributed by atoms with Crippen molar-refractivity contribution < 1.29 is 4.79 Å². The molecule has 0 aliphatic heterocycles. The molecule has 0 aliphatic rings. The van der Waals surface area contributed by atoms with Crippen molar-refractivity contribution in [2.24, 2.45) is 5.92 Å². The average Bonchev–Trinajstić information content (AvgIpc) is 2.00. The van der Waals surface area contributed by atoms with E-state index in [-0.39, 0.29) is 0 Å². The highest BCUT2D eigenvalue weighted by molar-refractivity contribution is 5.72. The van der Waals surface area contributed by atoms with Crippen molar-refractivity contribution in [2.45, 2.75) is 40.0 Å². The zero-order chi connectivity index (χ0) is 8.69. The van der Waals surface area contributed by atoms with Gasteiger partial charge in [0, 0.05) is 0 Å². The van der Waals surface area contributed by atoms with E-state index in [1.54, 1.807) is 0 Å². The van der Waals surface area contributed by atoms with E-state index in [0.29, 0.717) is 5.92 Å². The molecule has 0 heterocycles. The Morgan fingerprint density at radius 2 is 2.18 bits per heavy atom. The highest BCUT2D eigenvalue weighted by atomic mass is 16.1. The number of carbonyl (C=O) groups excluding carboxylic acids is 1. The van der Waals surface area contributed by atoms with Gasteiger partial charge in [-0.15, -0.1) is 0 Å². The molecule has 1 nitrogen and oxygen atoms in total. The molecule has 0 amide bonds. The Morgan fingerprint density at radius 1 is 1.55 bits per heavy atom. The summed E-state index contributed by atoms with van der Waals surface area (Å²) in [5, 5.41) is 0. The van der Waals surface area contributed by atoms with E-state index in [2.05, 4.69) is 13.8 Å². The van der Waals surface area contributed by atoms with Crippen molar-refractivity contribution in [1.82, 2.24) is 0 Å². The van der Waals surface area contributed by atoms with Crippen LogP contribution in [0, 0.1) is 5.92 Å². The Morgan fingerprint density at radius 3 is 2.64 bits per heavy atom. The van der Waals surface area contributed by atoms with Gasteiger partial charge in [0.2, 0.25) is 0 Å². The minimum absolute atomic E-state index is 0.556. The van der Waals surface area contributed by atoms with Gasteiger partial charge in [0.15, 0.2) is 0 Å². The molecular weight excluding hydrogens is 136 g/mol. The Balaban J connectivity index is 3.66. The van der Waals surface area contributed by atoms with Gasteiger partial charge in [-0.1, -0.05) is 32.8 Å². The number of unbranched alkanes of at least 4 members (excludes halogenated alkanes) is 1. The standard InChI is InChI=1S/C10H18O/c1-4-5-6-9(2)7-10(3)8-11/h7-9H,4-6H2,1-3H3/b10-7+/t9-/m0/s1. The molecule has 0 saturated heterocycles. The lowest BCUT2D eigenvalue weighted by Gasteiger charge is -2.03. The first kappa shape index (κ1) is 10.4. The maximum atomic E-state index is 10.2. The molecule has 0 bridgehead atoms. The normalized spacial score (nSPS) is 14.6. The number of allylic oxidation sites excluding steroid dienone is 2. The molecule has 11 heavy (non-hydrogen) atoms. The fraction of sp³-hybridized carbons (Fsp3) is 0.700. The molecule has 1 atom stereocenters. The Labute approximate surface area is 69.5 Å². The predicted octanol–water partition coefficient (Wildman–Crippen LogP) is 2.96. The van der Waals surface area contributed by atoms with Crippen LogP contribution < -0.4 is 0 Å². The molecule has 0 fully saturated rings. The van der Waals surface area contributed by atoms with Crippen LogP contribution in [0.25, 0.3) is 0 Å². The molecule has 0 spiro atoms. The van der Waals surface area contributed by atoms with Gasteiger partial charge in [-0.3, -0.25) is 4.79 Å². The second-order valence-corrected chi connectivity index (χ2v) is 3.15. The summed E-state index contributed by atoms with van der Waals surface area (Å²) in [7, 11) is 0. The Kier molecular flexibility index (Phi) is 5.81. The van der Waals surface area contributed by atoms with Crippen molar-refractivity contribution >= 4 is 6.29 Å². The van der Waals surface area contributed by atoms with E-state index >= 15 is 0 Å². The van der Waals surface area contributed by atoms with E-state index in [9.17, 15) is 4.79 Å². The van der Waals surface area contributed by atoms with Crippen LogP contribution in [0.4, 0.5) is 0 Å². The first-order chi connectivity index (χ1) is 5.20. The molecule has 0 aliphatic carbocycles. The summed E-state index contributed by atoms with van der Waals surface area (Å²) < 4.78 is 0. The minimum atomic E-state index is 0.556. The third-order valence-electron chi connectivity index (χ3n) is 1.75. The molecular formula is C10H18O. The van der Waals surface area contributed by atoms with Gasteiger partial charge >= 0.3 is 0 Å². The summed E-state index contributed by atoms with van der Waals surface area (Å²) in [5.41, 5.74) is 0.855. The van der Waals surface area contributed by atoms with Gasteiger partial charge in [-0.2, -0.15) is 0 Å². The van der Waals surface area contributed by atoms with Crippen LogP contribution >= 0.6 is 0 Å². The molecule has 0 aromatic heterocycles. The van der Waals surface area contributed by atoms with E-state index in [4.69, 9.17) is 0 Å². The zero-order valence-electron chi connectivity index (χ0n) is 7.76. The van der Waals surface area contributed by atoms with Gasteiger partial charge < -0.3 is 0 Å². The maximum Gasteiger partial charge on any atom is 0.145 e. The minimum Gasteiger partial charge on any atom is -0.298 e. The summed E-state index contributed by atoms with van der Waals surface area (Å²) in [4.78, 5) is 10.2. The SMILES string of the molecule is CCCC[C@H](C)/C=C(\C)C=O. The fourth-order valence-corrected chi connectivity index (χ4v) is 1.10.